The maximum Gasteiger partial charge on any atom is 0.162 e. The van der Waals surface area contributed by atoms with Crippen LogP contribution >= 0.6 is 0 Å². The van der Waals surface area contributed by atoms with Crippen LogP contribution in [-0.2, 0) is 0 Å². The van der Waals surface area contributed by atoms with E-state index in [2.05, 4.69) is 21.1 Å². The largest absolute Gasteiger partial charge is 0.383 e. The van der Waals surface area contributed by atoms with Gasteiger partial charge >= 0.3 is 0 Å². The van der Waals surface area contributed by atoms with Crippen LogP contribution in [0.5, 0.6) is 0 Å². The molecule has 19 heavy (non-hydrogen) atoms. The number of hydrogen-bond acceptors (Lipinski definition) is 4. The van der Waals surface area contributed by atoms with Crippen LogP contribution in [0.1, 0.15) is 54.6 Å². The molecule has 5 nitrogen and oxygen atoms in total. The first-order chi connectivity index (χ1) is 9.22. The highest BCUT2D eigenvalue weighted by atomic mass is 15.3. The van der Waals surface area contributed by atoms with Crippen LogP contribution in [0, 0.1) is 6.92 Å². The van der Waals surface area contributed by atoms with Gasteiger partial charge in [0, 0.05) is 23.6 Å². The molecular formula is C14H17N5. The van der Waals surface area contributed by atoms with E-state index in [9.17, 15) is 0 Å². The van der Waals surface area contributed by atoms with Crippen LogP contribution in [0.25, 0.3) is 5.82 Å². The first-order valence-electron chi connectivity index (χ1n) is 6.92. The molecule has 0 aliphatic heterocycles. The molecule has 0 radical (unpaired) electrons. The Hall–Kier alpha value is -1.91. The van der Waals surface area contributed by atoms with Gasteiger partial charge in [-0.15, -0.1) is 0 Å². The van der Waals surface area contributed by atoms with Gasteiger partial charge in [-0.3, -0.25) is 0 Å². The second-order valence-electron chi connectivity index (χ2n) is 5.65. The van der Waals surface area contributed by atoms with E-state index in [0.29, 0.717) is 17.7 Å². The molecule has 5 heteroatoms. The summed E-state index contributed by atoms with van der Waals surface area (Å²) >= 11 is 0. The van der Waals surface area contributed by atoms with Gasteiger partial charge < -0.3 is 5.73 Å². The van der Waals surface area contributed by atoms with Crippen molar-refractivity contribution < 1.29 is 0 Å². The molecule has 0 saturated heterocycles. The molecule has 0 aromatic carbocycles. The summed E-state index contributed by atoms with van der Waals surface area (Å²) in [6, 6.07) is 2.09. The quantitative estimate of drug-likeness (QED) is 0.913. The van der Waals surface area contributed by atoms with E-state index in [1.165, 1.54) is 31.4 Å². The van der Waals surface area contributed by atoms with Gasteiger partial charge in [-0.25, -0.2) is 14.6 Å². The van der Waals surface area contributed by atoms with Gasteiger partial charge in [0.05, 0.1) is 5.69 Å². The Balaban J connectivity index is 1.78. The van der Waals surface area contributed by atoms with Crippen molar-refractivity contribution in [2.24, 2.45) is 0 Å². The summed E-state index contributed by atoms with van der Waals surface area (Å²) in [5.74, 6) is 3.45. The topological polar surface area (TPSA) is 69.6 Å². The molecule has 0 bridgehead atoms. The van der Waals surface area contributed by atoms with Gasteiger partial charge in [0.15, 0.2) is 5.82 Å². The molecule has 2 N–H and O–H groups in total. The molecule has 4 rings (SSSR count). The number of aromatic nitrogens is 4. The highest BCUT2D eigenvalue weighted by molar-refractivity contribution is 5.48. The average molecular weight is 255 g/mol. The Kier molecular flexibility index (Phi) is 2.19. The third-order valence-electron chi connectivity index (χ3n) is 3.94. The van der Waals surface area contributed by atoms with Crippen molar-refractivity contribution in [3.8, 4) is 5.82 Å². The molecular weight excluding hydrogens is 238 g/mol. The Bertz CT molecular complexity index is 637. The Morgan fingerprint density at radius 3 is 2.58 bits per heavy atom. The van der Waals surface area contributed by atoms with Crippen molar-refractivity contribution in [1.29, 1.82) is 0 Å². The van der Waals surface area contributed by atoms with Gasteiger partial charge in [-0.1, -0.05) is 0 Å². The monoisotopic (exact) mass is 255 g/mol. The molecule has 0 atom stereocenters. The minimum absolute atomic E-state index is 0.500. The maximum atomic E-state index is 6.01. The summed E-state index contributed by atoms with van der Waals surface area (Å²) in [7, 11) is 0. The zero-order valence-corrected chi connectivity index (χ0v) is 11.0. The summed E-state index contributed by atoms with van der Waals surface area (Å²) in [4.78, 5) is 9.07. The minimum Gasteiger partial charge on any atom is -0.383 e. The van der Waals surface area contributed by atoms with Crippen molar-refractivity contribution in [3.63, 3.8) is 0 Å². The lowest BCUT2D eigenvalue weighted by molar-refractivity contribution is 0.782. The van der Waals surface area contributed by atoms with Gasteiger partial charge in [-0.2, -0.15) is 5.10 Å². The van der Waals surface area contributed by atoms with Crippen molar-refractivity contribution in [2.75, 3.05) is 5.73 Å². The fourth-order valence-corrected chi connectivity index (χ4v) is 2.34. The molecule has 2 aromatic rings. The predicted octanol–water partition coefficient (Wildman–Crippen LogP) is 2.31. The molecule has 98 valence electrons. The number of nitrogens with two attached hydrogens (primary N) is 1. The summed E-state index contributed by atoms with van der Waals surface area (Å²) in [6.45, 7) is 1.96. The van der Waals surface area contributed by atoms with Crippen molar-refractivity contribution in [1.82, 2.24) is 19.7 Å². The minimum atomic E-state index is 0.500. The highest BCUT2D eigenvalue weighted by Crippen LogP contribution is 2.40. The molecule has 0 spiro atoms. The van der Waals surface area contributed by atoms with Crippen LogP contribution in [0.15, 0.2) is 12.3 Å². The van der Waals surface area contributed by atoms with E-state index in [0.717, 1.165) is 17.2 Å². The maximum absolute atomic E-state index is 6.01. The van der Waals surface area contributed by atoms with Crippen LogP contribution in [0.2, 0.25) is 0 Å². The van der Waals surface area contributed by atoms with E-state index in [-0.39, 0.29) is 0 Å². The number of anilines is 1. The lowest BCUT2D eigenvalue weighted by Crippen LogP contribution is -2.09. The van der Waals surface area contributed by atoms with E-state index in [1.807, 2.05) is 17.8 Å². The van der Waals surface area contributed by atoms with Crippen LogP contribution in [0.4, 0.5) is 5.82 Å². The molecule has 2 aliphatic carbocycles. The number of rotatable bonds is 3. The Morgan fingerprint density at radius 1 is 1.16 bits per heavy atom. The van der Waals surface area contributed by atoms with E-state index < -0.39 is 0 Å². The highest BCUT2D eigenvalue weighted by Gasteiger charge is 2.29. The van der Waals surface area contributed by atoms with Crippen molar-refractivity contribution >= 4 is 5.82 Å². The van der Waals surface area contributed by atoms with Gasteiger partial charge in [0.2, 0.25) is 0 Å². The number of nitrogens with zero attached hydrogens (tertiary/aromatic N) is 4. The standard InChI is InChI=1S/C14H17N5/c1-8-12(15)16-13(10-4-5-10)17-14(8)19-7-6-11(18-19)9-2-3-9/h6-7,9-10H,2-5H2,1H3,(H2,15,16,17). The fourth-order valence-electron chi connectivity index (χ4n) is 2.34. The molecule has 2 fully saturated rings. The smallest absolute Gasteiger partial charge is 0.162 e. The van der Waals surface area contributed by atoms with E-state index in [4.69, 9.17) is 5.73 Å². The van der Waals surface area contributed by atoms with Gasteiger partial charge in [-0.05, 0) is 38.7 Å². The van der Waals surface area contributed by atoms with Crippen LogP contribution in [-0.4, -0.2) is 19.7 Å². The summed E-state index contributed by atoms with van der Waals surface area (Å²) in [6.07, 6.45) is 6.85. The fraction of sp³-hybridized carbons (Fsp3) is 0.500. The third-order valence-corrected chi connectivity index (χ3v) is 3.94. The van der Waals surface area contributed by atoms with Crippen LogP contribution in [0.3, 0.4) is 0 Å². The number of nitrogen functional groups attached to an aromatic ring is 1. The lowest BCUT2D eigenvalue weighted by atomic mass is 10.3. The lowest BCUT2D eigenvalue weighted by Gasteiger charge is -2.09. The second-order valence-corrected chi connectivity index (χ2v) is 5.65. The zero-order valence-electron chi connectivity index (χ0n) is 11.0. The SMILES string of the molecule is Cc1c(N)nc(C2CC2)nc1-n1ccc(C2CC2)n1. The zero-order chi connectivity index (χ0) is 13.0. The molecule has 2 aliphatic rings. The number of hydrogen-bond donors (Lipinski definition) is 1. The first-order valence-corrected chi connectivity index (χ1v) is 6.92. The summed E-state index contributed by atoms with van der Waals surface area (Å²) < 4.78 is 1.85. The normalized spacial score (nSPS) is 18.8. The molecule has 2 heterocycles. The Labute approximate surface area is 111 Å². The second kappa shape index (κ2) is 3.79. The van der Waals surface area contributed by atoms with Crippen LogP contribution < -0.4 is 5.73 Å². The summed E-state index contributed by atoms with van der Waals surface area (Å²) in [5.41, 5.74) is 8.09. The molecule has 0 amide bonds. The third kappa shape index (κ3) is 1.89. The first kappa shape index (κ1) is 11.0. The summed E-state index contributed by atoms with van der Waals surface area (Å²) in [5, 5.41) is 4.64. The van der Waals surface area contributed by atoms with Gasteiger partial charge in [0.25, 0.3) is 0 Å². The van der Waals surface area contributed by atoms with Crippen molar-refractivity contribution in [2.45, 2.75) is 44.4 Å². The average Bonchev–Trinajstić information content (AvgIpc) is 3.31. The predicted molar refractivity (Wildman–Crippen MR) is 72.3 cm³/mol. The molecule has 2 aromatic heterocycles. The molecule has 2 saturated carbocycles. The van der Waals surface area contributed by atoms with E-state index >= 15 is 0 Å². The van der Waals surface area contributed by atoms with Gasteiger partial charge in [0.1, 0.15) is 11.6 Å². The van der Waals surface area contributed by atoms with Crippen molar-refractivity contribution in [3.05, 3.63) is 29.3 Å². The Morgan fingerprint density at radius 2 is 1.89 bits per heavy atom. The van der Waals surface area contributed by atoms with E-state index in [1.54, 1.807) is 0 Å². The molecule has 0 unspecified atom stereocenters.